The van der Waals surface area contributed by atoms with E-state index in [0.29, 0.717) is 5.02 Å². The molecular weight excluding hydrogens is 272 g/mol. The van der Waals surface area contributed by atoms with Crippen molar-refractivity contribution < 1.29 is 4.79 Å². The van der Waals surface area contributed by atoms with E-state index in [4.69, 9.17) is 11.6 Å². The second kappa shape index (κ2) is 6.59. The van der Waals surface area contributed by atoms with Crippen LogP contribution in [0.5, 0.6) is 0 Å². The predicted molar refractivity (Wildman–Crippen MR) is 84.3 cm³/mol. The highest BCUT2D eigenvalue weighted by Gasteiger charge is 2.38. The molecule has 20 heavy (non-hydrogen) atoms. The zero-order chi connectivity index (χ0) is 14.6. The molecule has 0 radical (unpaired) electrons. The number of piperidine rings is 1. The Hall–Kier alpha value is -1.06. The van der Waals surface area contributed by atoms with Gasteiger partial charge in [-0.25, -0.2) is 0 Å². The molecule has 0 atom stereocenters. The number of hydrogen-bond donors (Lipinski definition) is 2. The number of halogens is 1. The molecular formula is C16H23ClN2O. The summed E-state index contributed by atoms with van der Waals surface area (Å²) in [6.07, 6.45) is 3.79. The second-order valence-corrected chi connectivity index (χ2v) is 6.05. The van der Waals surface area contributed by atoms with Gasteiger partial charge in [-0.05, 0) is 57.0 Å². The standard InChI is InChI=1S/C16H23ClN2O/c1-3-7-16(8-10-18-11-9-16)15(20)19-14-6-4-5-13(17)12(14)2/h4-6,18H,3,7-11H2,1-2H3,(H,19,20). The minimum absolute atomic E-state index is 0.145. The molecule has 0 saturated carbocycles. The third-order valence-corrected chi connectivity index (χ3v) is 4.70. The van der Waals surface area contributed by atoms with Gasteiger partial charge in [0.05, 0.1) is 5.41 Å². The molecule has 1 saturated heterocycles. The molecule has 1 aromatic carbocycles. The highest BCUT2D eigenvalue weighted by atomic mass is 35.5. The van der Waals surface area contributed by atoms with Crippen LogP contribution in [0.2, 0.25) is 5.02 Å². The number of anilines is 1. The second-order valence-electron chi connectivity index (χ2n) is 5.65. The van der Waals surface area contributed by atoms with Gasteiger partial charge in [0.2, 0.25) is 5.91 Å². The molecule has 0 unspecified atom stereocenters. The van der Waals surface area contributed by atoms with Crippen LogP contribution in [0.15, 0.2) is 18.2 Å². The quantitative estimate of drug-likeness (QED) is 0.888. The smallest absolute Gasteiger partial charge is 0.230 e. The Morgan fingerprint density at radius 3 is 2.75 bits per heavy atom. The van der Waals surface area contributed by atoms with E-state index in [2.05, 4.69) is 17.6 Å². The van der Waals surface area contributed by atoms with Gasteiger partial charge >= 0.3 is 0 Å². The highest BCUT2D eigenvalue weighted by Crippen LogP contribution is 2.36. The predicted octanol–water partition coefficient (Wildman–Crippen LogP) is 3.76. The third kappa shape index (κ3) is 3.15. The van der Waals surface area contributed by atoms with E-state index in [0.717, 1.165) is 50.0 Å². The van der Waals surface area contributed by atoms with Crippen LogP contribution in [0.25, 0.3) is 0 Å². The molecule has 0 aromatic heterocycles. The zero-order valence-electron chi connectivity index (χ0n) is 12.3. The Kier molecular flexibility index (Phi) is 5.06. The van der Waals surface area contributed by atoms with Gasteiger partial charge in [-0.1, -0.05) is 31.0 Å². The first-order valence-corrected chi connectivity index (χ1v) is 7.74. The Morgan fingerprint density at radius 1 is 1.40 bits per heavy atom. The van der Waals surface area contributed by atoms with Crippen LogP contribution in [0.4, 0.5) is 5.69 Å². The largest absolute Gasteiger partial charge is 0.325 e. The van der Waals surface area contributed by atoms with Crippen molar-refractivity contribution in [3.05, 3.63) is 28.8 Å². The van der Waals surface area contributed by atoms with Crippen LogP contribution in [0.3, 0.4) is 0 Å². The van der Waals surface area contributed by atoms with Gasteiger partial charge in [0.1, 0.15) is 0 Å². The molecule has 1 amide bonds. The first-order chi connectivity index (χ1) is 9.59. The van der Waals surface area contributed by atoms with E-state index in [-0.39, 0.29) is 11.3 Å². The maximum Gasteiger partial charge on any atom is 0.230 e. The first kappa shape index (κ1) is 15.3. The number of nitrogens with one attached hydrogen (secondary N) is 2. The van der Waals surface area contributed by atoms with E-state index in [1.165, 1.54) is 0 Å². The van der Waals surface area contributed by atoms with Crippen molar-refractivity contribution in [3.63, 3.8) is 0 Å². The van der Waals surface area contributed by atoms with Crippen LogP contribution in [0.1, 0.15) is 38.2 Å². The minimum Gasteiger partial charge on any atom is -0.325 e. The molecule has 0 spiro atoms. The summed E-state index contributed by atoms with van der Waals surface area (Å²) in [5.41, 5.74) is 1.54. The Bertz CT molecular complexity index is 476. The monoisotopic (exact) mass is 294 g/mol. The SMILES string of the molecule is CCCC1(C(=O)Nc2cccc(Cl)c2C)CCNCC1. The molecule has 1 heterocycles. The highest BCUT2D eigenvalue weighted by molar-refractivity contribution is 6.31. The van der Waals surface area contributed by atoms with Crippen molar-refractivity contribution in [2.24, 2.45) is 5.41 Å². The molecule has 4 heteroatoms. The summed E-state index contributed by atoms with van der Waals surface area (Å²) in [6, 6.07) is 5.64. The summed E-state index contributed by atoms with van der Waals surface area (Å²) in [6.45, 7) is 5.92. The molecule has 3 nitrogen and oxygen atoms in total. The van der Waals surface area contributed by atoms with Crippen LogP contribution in [-0.2, 0) is 4.79 Å². The molecule has 1 aliphatic rings. The third-order valence-electron chi connectivity index (χ3n) is 4.29. The first-order valence-electron chi connectivity index (χ1n) is 7.36. The van der Waals surface area contributed by atoms with Crippen molar-refractivity contribution in [3.8, 4) is 0 Å². The van der Waals surface area contributed by atoms with Crippen molar-refractivity contribution in [1.29, 1.82) is 0 Å². The fraction of sp³-hybridized carbons (Fsp3) is 0.562. The fourth-order valence-corrected chi connectivity index (χ4v) is 3.15. The van der Waals surface area contributed by atoms with Gasteiger partial charge in [0.15, 0.2) is 0 Å². The molecule has 110 valence electrons. The van der Waals surface area contributed by atoms with Gasteiger partial charge in [0.25, 0.3) is 0 Å². The number of carbonyl (C=O) groups excluding carboxylic acids is 1. The van der Waals surface area contributed by atoms with Crippen LogP contribution in [0, 0.1) is 12.3 Å². The molecule has 0 aliphatic carbocycles. The lowest BCUT2D eigenvalue weighted by Gasteiger charge is -2.36. The van der Waals surface area contributed by atoms with E-state index in [1.54, 1.807) is 0 Å². The minimum atomic E-state index is -0.227. The average Bonchev–Trinajstić information content (AvgIpc) is 2.45. The number of hydrogen-bond acceptors (Lipinski definition) is 2. The Balaban J connectivity index is 2.18. The summed E-state index contributed by atoms with van der Waals surface area (Å²) >= 11 is 6.12. The zero-order valence-corrected chi connectivity index (χ0v) is 13.0. The topological polar surface area (TPSA) is 41.1 Å². The van der Waals surface area contributed by atoms with Gasteiger partial charge in [-0.15, -0.1) is 0 Å². The van der Waals surface area contributed by atoms with E-state index < -0.39 is 0 Å². The van der Waals surface area contributed by atoms with Gasteiger partial charge in [-0.2, -0.15) is 0 Å². The van der Waals surface area contributed by atoms with Crippen molar-refractivity contribution in [2.75, 3.05) is 18.4 Å². The molecule has 2 rings (SSSR count). The van der Waals surface area contributed by atoms with Gasteiger partial charge in [-0.3, -0.25) is 4.79 Å². The molecule has 1 fully saturated rings. The number of carbonyl (C=O) groups is 1. The molecule has 2 N–H and O–H groups in total. The average molecular weight is 295 g/mol. The van der Waals surface area contributed by atoms with Crippen molar-refractivity contribution in [1.82, 2.24) is 5.32 Å². The summed E-state index contributed by atoms with van der Waals surface area (Å²) in [5, 5.41) is 7.12. The Labute approximate surface area is 126 Å². The number of rotatable bonds is 4. The van der Waals surface area contributed by atoms with Crippen molar-refractivity contribution >= 4 is 23.2 Å². The van der Waals surface area contributed by atoms with E-state index in [9.17, 15) is 4.79 Å². The maximum atomic E-state index is 12.8. The van der Waals surface area contributed by atoms with E-state index in [1.807, 2.05) is 25.1 Å². The lowest BCUT2D eigenvalue weighted by atomic mass is 9.74. The van der Waals surface area contributed by atoms with Gasteiger partial charge < -0.3 is 10.6 Å². The van der Waals surface area contributed by atoms with Crippen LogP contribution in [-0.4, -0.2) is 19.0 Å². The Morgan fingerprint density at radius 2 is 2.10 bits per heavy atom. The molecule has 0 bridgehead atoms. The summed E-state index contributed by atoms with van der Waals surface area (Å²) in [4.78, 5) is 12.8. The van der Waals surface area contributed by atoms with E-state index >= 15 is 0 Å². The fourth-order valence-electron chi connectivity index (χ4n) is 2.97. The number of benzene rings is 1. The van der Waals surface area contributed by atoms with Crippen LogP contribution >= 0.6 is 11.6 Å². The molecule has 1 aliphatic heterocycles. The van der Waals surface area contributed by atoms with Crippen LogP contribution < -0.4 is 10.6 Å². The van der Waals surface area contributed by atoms with Crippen molar-refractivity contribution in [2.45, 2.75) is 39.5 Å². The normalized spacial score (nSPS) is 17.8. The summed E-state index contributed by atoms with van der Waals surface area (Å²) in [5.74, 6) is 0.145. The summed E-state index contributed by atoms with van der Waals surface area (Å²) < 4.78 is 0. The maximum absolute atomic E-state index is 12.8. The summed E-state index contributed by atoms with van der Waals surface area (Å²) in [7, 11) is 0. The molecule has 1 aromatic rings. The lowest BCUT2D eigenvalue weighted by Crippen LogP contribution is -2.44. The lowest BCUT2D eigenvalue weighted by molar-refractivity contribution is -0.127. The van der Waals surface area contributed by atoms with Gasteiger partial charge in [0, 0.05) is 10.7 Å². The number of amides is 1.